The van der Waals surface area contributed by atoms with Crippen molar-refractivity contribution in [2.75, 3.05) is 26.7 Å². The van der Waals surface area contributed by atoms with Gasteiger partial charge < -0.3 is 20.2 Å². The van der Waals surface area contributed by atoms with Gasteiger partial charge in [-0.2, -0.15) is 0 Å². The molecule has 2 N–H and O–H groups in total. The first-order valence-corrected chi connectivity index (χ1v) is 7.24. The minimum absolute atomic E-state index is 0.0825. The van der Waals surface area contributed by atoms with Crippen LogP contribution in [0.15, 0.2) is 0 Å². The van der Waals surface area contributed by atoms with Crippen molar-refractivity contribution in [3.8, 4) is 0 Å². The minimum Gasteiger partial charge on any atom is -0.481 e. The number of amides is 2. The zero-order valence-corrected chi connectivity index (χ0v) is 13.0. The fourth-order valence-corrected chi connectivity index (χ4v) is 2.59. The molecule has 1 fully saturated rings. The van der Waals surface area contributed by atoms with E-state index in [2.05, 4.69) is 17.1 Å². The molecule has 0 atom stereocenters. The molecule has 1 saturated heterocycles. The number of rotatable bonds is 5. The maximum absolute atomic E-state index is 12.2. The molecular formula is C14H27N3O3. The topological polar surface area (TPSA) is 72.9 Å². The van der Waals surface area contributed by atoms with Crippen molar-refractivity contribution >= 4 is 12.0 Å². The summed E-state index contributed by atoms with van der Waals surface area (Å²) >= 11 is 0. The average molecular weight is 285 g/mol. The lowest BCUT2D eigenvalue weighted by Gasteiger charge is -2.37. The van der Waals surface area contributed by atoms with Crippen LogP contribution >= 0.6 is 0 Å². The monoisotopic (exact) mass is 285 g/mol. The number of urea groups is 1. The molecule has 6 heteroatoms. The minimum atomic E-state index is -0.908. The average Bonchev–Trinajstić information content (AvgIpc) is 2.35. The Balaban J connectivity index is 2.49. The van der Waals surface area contributed by atoms with Crippen molar-refractivity contribution in [3.63, 3.8) is 0 Å². The summed E-state index contributed by atoms with van der Waals surface area (Å²) < 4.78 is 0. The number of hydrogen-bond donors (Lipinski definition) is 2. The number of piperidine rings is 1. The summed E-state index contributed by atoms with van der Waals surface area (Å²) in [7, 11) is 1.79. The highest BCUT2D eigenvalue weighted by atomic mass is 16.4. The van der Waals surface area contributed by atoms with Crippen molar-refractivity contribution < 1.29 is 14.7 Å². The van der Waals surface area contributed by atoms with Crippen molar-refractivity contribution in [1.29, 1.82) is 0 Å². The normalized spacial score (nSPS) is 17.8. The lowest BCUT2D eigenvalue weighted by molar-refractivity contribution is -0.138. The van der Waals surface area contributed by atoms with E-state index in [0.29, 0.717) is 0 Å². The van der Waals surface area contributed by atoms with Crippen molar-refractivity contribution in [1.82, 2.24) is 15.1 Å². The van der Waals surface area contributed by atoms with E-state index in [1.54, 1.807) is 25.8 Å². The molecule has 0 aromatic heterocycles. The molecule has 0 spiro atoms. The van der Waals surface area contributed by atoms with Gasteiger partial charge in [-0.3, -0.25) is 4.79 Å². The van der Waals surface area contributed by atoms with Gasteiger partial charge in [-0.1, -0.05) is 6.92 Å². The van der Waals surface area contributed by atoms with Crippen LogP contribution < -0.4 is 5.32 Å². The van der Waals surface area contributed by atoms with Crippen LogP contribution in [0.25, 0.3) is 0 Å². The lowest BCUT2D eigenvalue weighted by Crippen LogP contribution is -2.54. The van der Waals surface area contributed by atoms with Crippen LogP contribution in [0, 0.1) is 0 Å². The predicted molar refractivity (Wildman–Crippen MR) is 77.8 cm³/mol. The summed E-state index contributed by atoms with van der Waals surface area (Å²) in [4.78, 5) is 27.1. The number of hydrogen-bond acceptors (Lipinski definition) is 3. The van der Waals surface area contributed by atoms with Gasteiger partial charge in [0.15, 0.2) is 0 Å². The number of likely N-dealkylation sites (tertiary alicyclic amines) is 1. The molecular weight excluding hydrogens is 258 g/mol. The van der Waals surface area contributed by atoms with E-state index in [-0.39, 0.29) is 18.5 Å². The third-order valence-corrected chi connectivity index (χ3v) is 3.91. The largest absolute Gasteiger partial charge is 0.481 e. The molecule has 20 heavy (non-hydrogen) atoms. The Labute approximate surface area is 121 Å². The number of nitrogens with one attached hydrogen (secondary N) is 1. The van der Waals surface area contributed by atoms with Crippen molar-refractivity contribution in [2.24, 2.45) is 0 Å². The molecule has 0 unspecified atom stereocenters. The quantitative estimate of drug-likeness (QED) is 0.800. The van der Waals surface area contributed by atoms with Crippen LogP contribution in [0.5, 0.6) is 0 Å². The molecule has 0 aromatic rings. The first-order valence-electron chi connectivity index (χ1n) is 7.24. The number of carbonyl (C=O) groups is 2. The molecule has 1 aliphatic heterocycles. The van der Waals surface area contributed by atoms with E-state index in [1.165, 1.54) is 0 Å². The SMILES string of the molecule is CCN1CCC(N(C)C(=O)NC(C)(C)CC(=O)O)CC1. The van der Waals surface area contributed by atoms with Crippen molar-refractivity contribution in [2.45, 2.75) is 51.6 Å². The lowest BCUT2D eigenvalue weighted by atomic mass is 10.0. The third kappa shape index (κ3) is 5.00. The number of aliphatic carboxylic acids is 1. The molecule has 0 aliphatic carbocycles. The summed E-state index contributed by atoms with van der Waals surface area (Å²) in [5, 5.41) is 11.6. The van der Waals surface area contributed by atoms with Gasteiger partial charge in [0.2, 0.25) is 0 Å². The Morgan fingerprint density at radius 3 is 2.35 bits per heavy atom. The molecule has 6 nitrogen and oxygen atoms in total. The van der Waals surface area contributed by atoms with E-state index in [9.17, 15) is 9.59 Å². The van der Waals surface area contributed by atoms with Crippen LogP contribution in [0.4, 0.5) is 4.79 Å². The van der Waals surface area contributed by atoms with Crippen molar-refractivity contribution in [3.05, 3.63) is 0 Å². The number of carboxylic acids is 1. The van der Waals surface area contributed by atoms with Gasteiger partial charge >= 0.3 is 12.0 Å². The molecule has 0 saturated carbocycles. The molecule has 116 valence electrons. The van der Waals surface area contributed by atoms with Gasteiger partial charge in [0.25, 0.3) is 0 Å². The van der Waals surface area contributed by atoms with Gasteiger partial charge in [0.1, 0.15) is 0 Å². The molecule has 0 bridgehead atoms. The van der Waals surface area contributed by atoms with Crippen LogP contribution in [0.2, 0.25) is 0 Å². The van der Waals surface area contributed by atoms with E-state index >= 15 is 0 Å². The highest BCUT2D eigenvalue weighted by Gasteiger charge is 2.29. The molecule has 0 radical (unpaired) electrons. The Morgan fingerprint density at radius 1 is 1.35 bits per heavy atom. The van der Waals surface area contributed by atoms with Gasteiger partial charge in [-0.15, -0.1) is 0 Å². The first kappa shape index (κ1) is 16.8. The van der Waals surface area contributed by atoms with Crippen LogP contribution in [0.1, 0.15) is 40.0 Å². The molecule has 2 amide bonds. The fourth-order valence-electron chi connectivity index (χ4n) is 2.59. The predicted octanol–water partition coefficient (Wildman–Crippen LogP) is 1.37. The highest BCUT2D eigenvalue weighted by Crippen LogP contribution is 2.16. The molecule has 1 heterocycles. The second-order valence-corrected chi connectivity index (χ2v) is 6.16. The Morgan fingerprint density at radius 2 is 1.90 bits per heavy atom. The van der Waals surface area contributed by atoms with E-state index < -0.39 is 11.5 Å². The first-order chi connectivity index (χ1) is 9.25. The zero-order chi connectivity index (χ0) is 15.3. The van der Waals surface area contributed by atoms with Gasteiger partial charge in [0.05, 0.1) is 6.42 Å². The summed E-state index contributed by atoms with van der Waals surface area (Å²) in [6.45, 7) is 8.67. The second-order valence-electron chi connectivity index (χ2n) is 6.16. The Hall–Kier alpha value is -1.30. The molecule has 0 aromatic carbocycles. The standard InChI is InChI=1S/C14H27N3O3/c1-5-17-8-6-11(7-9-17)16(4)13(20)15-14(2,3)10-12(18)19/h11H,5-10H2,1-4H3,(H,15,20)(H,18,19). The molecule has 1 aliphatic rings. The Kier molecular flexibility index (Phi) is 5.80. The number of nitrogens with zero attached hydrogens (tertiary/aromatic N) is 2. The summed E-state index contributed by atoms with van der Waals surface area (Å²) in [6.07, 6.45) is 1.86. The van der Waals surface area contributed by atoms with Gasteiger partial charge in [-0.25, -0.2) is 4.79 Å². The van der Waals surface area contributed by atoms with Gasteiger partial charge in [0, 0.05) is 31.7 Å². The maximum Gasteiger partial charge on any atom is 0.317 e. The maximum atomic E-state index is 12.2. The van der Waals surface area contributed by atoms with E-state index in [0.717, 1.165) is 32.5 Å². The summed E-state index contributed by atoms with van der Waals surface area (Å²) in [5.74, 6) is -0.908. The van der Waals surface area contributed by atoms with Crippen LogP contribution in [0.3, 0.4) is 0 Å². The van der Waals surface area contributed by atoms with E-state index in [4.69, 9.17) is 5.11 Å². The van der Waals surface area contributed by atoms with Gasteiger partial charge in [-0.05, 0) is 33.2 Å². The fraction of sp³-hybridized carbons (Fsp3) is 0.857. The summed E-state index contributed by atoms with van der Waals surface area (Å²) in [5.41, 5.74) is -0.735. The Bertz CT molecular complexity index is 350. The number of carbonyl (C=O) groups excluding carboxylic acids is 1. The second kappa shape index (κ2) is 6.92. The summed E-state index contributed by atoms with van der Waals surface area (Å²) in [6, 6.07) is 0.0460. The van der Waals surface area contributed by atoms with Crippen LogP contribution in [-0.4, -0.2) is 65.2 Å². The number of carboxylic acid groups (broad SMARTS) is 1. The van der Waals surface area contributed by atoms with Crippen LogP contribution in [-0.2, 0) is 4.79 Å². The smallest absolute Gasteiger partial charge is 0.317 e. The highest BCUT2D eigenvalue weighted by molar-refractivity contribution is 5.76. The molecule has 1 rings (SSSR count). The van der Waals surface area contributed by atoms with E-state index in [1.807, 2.05) is 0 Å². The third-order valence-electron chi connectivity index (χ3n) is 3.91. The zero-order valence-electron chi connectivity index (χ0n) is 13.0.